The quantitative estimate of drug-likeness (QED) is 0.790. The summed E-state index contributed by atoms with van der Waals surface area (Å²) in [7, 11) is 1.66. The van der Waals surface area contributed by atoms with Crippen molar-refractivity contribution in [1.82, 2.24) is 14.8 Å². The standard InChI is InChI=1S/C12H13N3O4/c1-14-5-6-15(7-9(14)16)11(17)10-8(12(18)19)3-2-4-13-10/h2-4H,5-7H2,1H3,(H,18,19). The smallest absolute Gasteiger partial charge is 0.338 e. The molecule has 2 amide bonds. The molecule has 7 nitrogen and oxygen atoms in total. The maximum atomic E-state index is 12.2. The van der Waals surface area contributed by atoms with Crippen LogP contribution in [0, 0.1) is 0 Å². The van der Waals surface area contributed by atoms with Gasteiger partial charge < -0.3 is 14.9 Å². The zero-order chi connectivity index (χ0) is 14.0. The number of carbonyl (C=O) groups excluding carboxylic acids is 2. The second kappa shape index (κ2) is 5.05. The minimum absolute atomic E-state index is 0.0506. The fourth-order valence-corrected chi connectivity index (χ4v) is 1.83. The van der Waals surface area contributed by atoms with E-state index in [0.29, 0.717) is 13.1 Å². The number of carbonyl (C=O) groups is 3. The lowest BCUT2D eigenvalue weighted by atomic mass is 10.1. The zero-order valence-corrected chi connectivity index (χ0v) is 10.4. The van der Waals surface area contributed by atoms with Crippen LogP contribution in [0.1, 0.15) is 20.8 Å². The molecule has 1 aliphatic rings. The Kier molecular flexibility index (Phi) is 3.46. The van der Waals surface area contributed by atoms with Crippen LogP contribution in [0.25, 0.3) is 0 Å². The average molecular weight is 263 g/mol. The number of hydrogen-bond acceptors (Lipinski definition) is 4. The van der Waals surface area contributed by atoms with E-state index in [1.165, 1.54) is 28.1 Å². The van der Waals surface area contributed by atoms with Crippen LogP contribution >= 0.6 is 0 Å². The number of amides is 2. The first-order valence-corrected chi connectivity index (χ1v) is 5.72. The Morgan fingerprint density at radius 2 is 2.11 bits per heavy atom. The molecule has 0 spiro atoms. The summed E-state index contributed by atoms with van der Waals surface area (Å²) in [5.74, 6) is -1.91. The van der Waals surface area contributed by atoms with Crippen LogP contribution in [-0.4, -0.2) is 64.4 Å². The van der Waals surface area contributed by atoms with Gasteiger partial charge in [0.2, 0.25) is 5.91 Å². The van der Waals surface area contributed by atoms with Crippen molar-refractivity contribution >= 4 is 17.8 Å². The van der Waals surface area contributed by atoms with Gasteiger partial charge in [-0.05, 0) is 12.1 Å². The molecule has 1 saturated heterocycles. The third-order valence-corrected chi connectivity index (χ3v) is 2.99. The fourth-order valence-electron chi connectivity index (χ4n) is 1.83. The summed E-state index contributed by atoms with van der Waals surface area (Å²) in [6, 6.07) is 2.77. The average Bonchev–Trinajstić information content (AvgIpc) is 2.41. The van der Waals surface area contributed by atoms with Gasteiger partial charge in [-0.2, -0.15) is 0 Å². The normalized spacial score (nSPS) is 15.5. The van der Waals surface area contributed by atoms with Gasteiger partial charge in [0, 0.05) is 26.3 Å². The Hall–Kier alpha value is -2.44. The molecule has 0 saturated carbocycles. The van der Waals surface area contributed by atoms with Gasteiger partial charge in [0.1, 0.15) is 12.2 Å². The van der Waals surface area contributed by atoms with E-state index in [2.05, 4.69) is 4.98 Å². The van der Waals surface area contributed by atoms with Gasteiger partial charge in [-0.3, -0.25) is 14.6 Å². The topological polar surface area (TPSA) is 90.8 Å². The Balaban J connectivity index is 2.25. The van der Waals surface area contributed by atoms with E-state index in [4.69, 9.17) is 5.11 Å². The second-order valence-corrected chi connectivity index (χ2v) is 4.25. The number of carboxylic acid groups (broad SMARTS) is 1. The third-order valence-electron chi connectivity index (χ3n) is 2.99. The maximum absolute atomic E-state index is 12.2. The third kappa shape index (κ3) is 2.54. The van der Waals surface area contributed by atoms with E-state index in [-0.39, 0.29) is 23.7 Å². The number of rotatable bonds is 2. The molecule has 1 aliphatic heterocycles. The highest BCUT2D eigenvalue weighted by molar-refractivity contribution is 6.04. The SMILES string of the molecule is CN1CCN(C(=O)c2ncccc2C(=O)O)CC1=O. The maximum Gasteiger partial charge on any atom is 0.338 e. The molecule has 7 heteroatoms. The van der Waals surface area contributed by atoms with Crippen molar-refractivity contribution in [3.05, 3.63) is 29.6 Å². The predicted molar refractivity (Wildman–Crippen MR) is 64.7 cm³/mol. The van der Waals surface area contributed by atoms with Crippen LogP contribution in [0.5, 0.6) is 0 Å². The van der Waals surface area contributed by atoms with Gasteiger partial charge in [-0.25, -0.2) is 4.79 Å². The monoisotopic (exact) mass is 263 g/mol. The van der Waals surface area contributed by atoms with Crippen molar-refractivity contribution in [3.8, 4) is 0 Å². The molecule has 1 aromatic heterocycles. The second-order valence-electron chi connectivity index (χ2n) is 4.25. The molecular formula is C12H13N3O4. The van der Waals surface area contributed by atoms with Crippen LogP contribution in [0.15, 0.2) is 18.3 Å². The van der Waals surface area contributed by atoms with Gasteiger partial charge in [-0.1, -0.05) is 0 Å². The molecular weight excluding hydrogens is 250 g/mol. The number of piperazine rings is 1. The number of aromatic nitrogens is 1. The highest BCUT2D eigenvalue weighted by atomic mass is 16.4. The number of hydrogen-bond donors (Lipinski definition) is 1. The molecule has 2 heterocycles. The molecule has 0 aromatic carbocycles. The van der Waals surface area contributed by atoms with Crippen molar-refractivity contribution < 1.29 is 19.5 Å². The lowest BCUT2D eigenvalue weighted by Crippen LogP contribution is -2.51. The van der Waals surface area contributed by atoms with Gasteiger partial charge >= 0.3 is 5.97 Å². The Bertz CT molecular complexity index is 544. The summed E-state index contributed by atoms with van der Waals surface area (Å²) in [5.41, 5.74) is -0.286. The molecule has 0 aliphatic carbocycles. The first-order valence-electron chi connectivity index (χ1n) is 5.72. The highest BCUT2D eigenvalue weighted by Gasteiger charge is 2.28. The summed E-state index contributed by atoms with van der Waals surface area (Å²) in [4.78, 5) is 41.5. The molecule has 0 bridgehead atoms. The summed E-state index contributed by atoms with van der Waals surface area (Å²) >= 11 is 0. The fraction of sp³-hybridized carbons (Fsp3) is 0.333. The number of carboxylic acids is 1. The van der Waals surface area contributed by atoms with Crippen LogP contribution in [0.3, 0.4) is 0 Å². The van der Waals surface area contributed by atoms with Crippen molar-refractivity contribution in [2.75, 3.05) is 26.7 Å². The number of aromatic carboxylic acids is 1. The van der Waals surface area contributed by atoms with E-state index in [1.807, 2.05) is 0 Å². The van der Waals surface area contributed by atoms with Crippen molar-refractivity contribution in [2.24, 2.45) is 0 Å². The van der Waals surface area contributed by atoms with E-state index >= 15 is 0 Å². The summed E-state index contributed by atoms with van der Waals surface area (Å²) in [6.45, 7) is 0.751. The zero-order valence-electron chi connectivity index (χ0n) is 10.4. The minimum atomic E-state index is -1.21. The predicted octanol–water partition coefficient (Wildman–Crippen LogP) is -0.306. The molecule has 2 rings (SSSR count). The van der Waals surface area contributed by atoms with Gasteiger partial charge in [0.15, 0.2) is 0 Å². The lowest BCUT2D eigenvalue weighted by Gasteiger charge is -2.31. The molecule has 0 unspecified atom stereocenters. The molecule has 0 radical (unpaired) electrons. The van der Waals surface area contributed by atoms with Gasteiger partial charge in [0.05, 0.1) is 5.56 Å². The molecule has 1 fully saturated rings. The molecule has 1 aromatic rings. The first-order chi connectivity index (χ1) is 9.00. The van der Waals surface area contributed by atoms with Gasteiger partial charge in [0.25, 0.3) is 5.91 Å². The van der Waals surface area contributed by atoms with Crippen LogP contribution < -0.4 is 0 Å². The van der Waals surface area contributed by atoms with Crippen LogP contribution in [0.4, 0.5) is 0 Å². The summed E-state index contributed by atoms with van der Waals surface area (Å²) in [6.07, 6.45) is 1.36. The number of likely N-dealkylation sites (N-methyl/N-ethyl adjacent to an activating group) is 1. The van der Waals surface area contributed by atoms with Crippen molar-refractivity contribution in [2.45, 2.75) is 0 Å². The molecule has 100 valence electrons. The highest BCUT2D eigenvalue weighted by Crippen LogP contribution is 2.11. The van der Waals surface area contributed by atoms with Crippen molar-refractivity contribution in [3.63, 3.8) is 0 Å². The Morgan fingerprint density at radius 1 is 1.37 bits per heavy atom. The van der Waals surface area contributed by atoms with Crippen LogP contribution in [-0.2, 0) is 4.79 Å². The van der Waals surface area contributed by atoms with E-state index in [0.717, 1.165) is 0 Å². The molecule has 1 N–H and O–H groups in total. The first kappa shape index (κ1) is 13.0. The minimum Gasteiger partial charge on any atom is -0.478 e. The number of nitrogens with zero attached hydrogens (tertiary/aromatic N) is 3. The van der Waals surface area contributed by atoms with E-state index < -0.39 is 11.9 Å². The molecule has 0 atom stereocenters. The summed E-state index contributed by atoms with van der Waals surface area (Å²) in [5, 5.41) is 9.02. The molecule has 19 heavy (non-hydrogen) atoms. The largest absolute Gasteiger partial charge is 0.478 e. The van der Waals surface area contributed by atoms with E-state index in [9.17, 15) is 14.4 Å². The van der Waals surface area contributed by atoms with Crippen molar-refractivity contribution in [1.29, 1.82) is 0 Å². The summed E-state index contributed by atoms with van der Waals surface area (Å²) < 4.78 is 0. The number of pyridine rings is 1. The van der Waals surface area contributed by atoms with E-state index in [1.54, 1.807) is 7.05 Å². The Morgan fingerprint density at radius 3 is 2.74 bits per heavy atom. The lowest BCUT2D eigenvalue weighted by molar-refractivity contribution is -0.133. The van der Waals surface area contributed by atoms with Gasteiger partial charge in [-0.15, -0.1) is 0 Å². The van der Waals surface area contributed by atoms with Crippen LogP contribution in [0.2, 0.25) is 0 Å². The Labute approximate surface area is 109 Å².